The van der Waals surface area contributed by atoms with Crippen LogP contribution in [0.3, 0.4) is 0 Å². The summed E-state index contributed by atoms with van der Waals surface area (Å²) in [4.78, 5) is 10.3. The molecule has 0 saturated carbocycles. The molecule has 1 unspecified atom stereocenters. The number of aliphatic imine (C=N–C) groups is 2. The van der Waals surface area contributed by atoms with Crippen molar-refractivity contribution in [3.63, 3.8) is 0 Å². The van der Waals surface area contributed by atoms with E-state index in [0.29, 0.717) is 5.84 Å². The molecule has 0 radical (unpaired) electrons. The Hall–Kier alpha value is -7.50. The maximum absolute atomic E-state index is 6.63. The van der Waals surface area contributed by atoms with Gasteiger partial charge >= 0.3 is 0 Å². The van der Waals surface area contributed by atoms with Crippen molar-refractivity contribution in [1.82, 2.24) is 5.32 Å². The number of benzene rings is 9. The van der Waals surface area contributed by atoms with Gasteiger partial charge in [0.15, 0.2) is 5.84 Å². The Morgan fingerprint density at radius 1 is 0.393 bits per heavy atom. The van der Waals surface area contributed by atoms with Gasteiger partial charge in [-0.25, -0.2) is 9.98 Å². The molecule has 3 heterocycles. The highest BCUT2D eigenvalue weighted by molar-refractivity contribution is 6.26. The molecule has 0 bridgehead atoms. The summed E-state index contributed by atoms with van der Waals surface area (Å²) >= 11 is 0. The second-order valence-corrected chi connectivity index (χ2v) is 14.5. The number of para-hydroxylation sites is 1. The molecule has 1 aliphatic heterocycles. The van der Waals surface area contributed by atoms with Gasteiger partial charge in [-0.2, -0.15) is 0 Å². The quantitative estimate of drug-likeness (QED) is 0.184. The van der Waals surface area contributed by atoms with Gasteiger partial charge in [0.2, 0.25) is 0 Å². The predicted molar refractivity (Wildman–Crippen MR) is 231 cm³/mol. The molecule has 9 aromatic carbocycles. The molecule has 1 aliphatic rings. The third kappa shape index (κ3) is 4.74. The zero-order valence-electron chi connectivity index (χ0n) is 30.0. The molecule has 262 valence electrons. The highest BCUT2D eigenvalue weighted by atomic mass is 16.3. The first-order valence-corrected chi connectivity index (χ1v) is 18.9. The van der Waals surface area contributed by atoms with Crippen LogP contribution in [-0.2, 0) is 0 Å². The summed E-state index contributed by atoms with van der Waals surface area (Å²) in [5.74, 6) is 1.39. The van der Waals surface area contributed by atoms with Crippen molar-refractivity contribution < 1.29 is 8.83 Å². The third-order valence-electron chi connectivity index (χ3n) is 11.3. The zero-order chi connectivity index (χ0) is 36.7. The van der Waals surface area contributed by atoms with E-state index in [1.54, 1.807) is 0 Å². The monoisotopic (exact) mass is 717 g/mol. The van der Waals surface area contributed by atoms with E-state index in [1.807, 2.05) is 36.4 Å². The topological polar surface area (TPSA) is 63.0 Å². The first-order chi connectivity index (χ1) is 27.7. The lowest BCUT2D eigenvalue weighted by molar-refractivity contribution is 0.655. The molecule has 0 amide bonds. The SMILES string of the molecule is c1ccc(C2=NC(c3ccc4c(c3)oc3cccc(-c5ccc6c7ccccc7c7ccccc7c6c5)c34)=NC(c3ccc4c(c3)oc3ccccc34)N2)cc1. The lowest BCUT2D eigenvalue weighted by Crippen LogP contribution is -2.33. The fourth-order valence-electron chi connectivity index (χ4n) is 8.69. The van der Waals surface area contributed by atoms with Gasteiger partial charge in [-0.3, -0.25) is 0 Å². The van der Waals surface area contributed by atoms with E-state index >= 15 is 0 Å². The van der Waals surface area contributed by atoms with Gasteiger partial charge in [0.1, 0.15) is 34.3 Å². The molecule has 1 N–H and O–H groups in total. The molecule has 12 rings (SSSR count). The van der Waals surface area contributed by atoms with E-state index in [-0.39, 0.29) is 6.17 Å². The van der Waals surface area contributed by atoms with E-state index in [4.69, 9.17) is 18.8 Å². The lowest BCUT2D eigenvalue weighted by atomic mass is 9.91. The first-order valence-electron chi connectivity index (χ1n) is 18.9. The fraction of sp³-hybridized carbons (Fsp3) is 0.0196. The van der Waals surface area contributed by atoms with Crippen LogP contribution in [0.4, 0.5) is 0 Å². The average Bonchev–Trinajstić information content (AvgIpc) is 3.84. The summed E-state index contributed by atoms with van der Waals surface area (Å²) in [6.07, 6.45) is -0.380. The maximum Gasteiger partial charge on any atom is 0.159 e. The van der Waals surface area contributed by atoms with E-state index < -0.39 is 0 Å². The Balaban J connectivity index is 0.990. The van der Waals surface area contributed by atoms with Crippen LogP contribution in [0.25, 0.3) is 87.3 Å². The third-order valence-corrected chi connectivity index (χ3v) is 11.3. The van der Waals surface area contributed by atoms with Crippen LogP contribution in [-0.4, -0.2) is 11.7 Å². The summed E-state index contributed by atoms with van der Waals surface area (Å²) in [6, 6.07) is 61.7. The van der Waals surface area contributed by atoms with Crippen molar-refractivity contribution in [2.75, 3.05) is 0 Å². The molecule has 2 aromatic heterocycles. The van der Waals surface area contributed by atoms with Crippen LogP contribution in [0.2, 0.25) is 0 Å². The van der Waals surface area contributed by atoms with E-state index in [0.717, 1.165) is 77.5 Å². The second-order valence-electron chi connectivity index (χ2n) is 14.5. The van der Waals surface area contributed by atoms with Crippen LogP contribution in [0.15, 0.2) is 195 Å². The molecule has 0 fully saturated rings. The van der Waals surface area contributed by atoms with Crippen molar-refractivity contribution in [1.29, 1.82) is 0 Å². The standard InChI is InChI=1S/C51H31N3O2/c1-2-11-30(12-3-1)49-52-50(32-22-25-41-40-17-8-9-19-44(40)55-46(41)28-32)54-51(53-49)33-23-26-42-47(29-33)56-45-20-10-18-34(48(42)45)31-21-24-39-37-15-5-4-13-35(37)36-14-6-7-16-38(36)43(39)27-31/h1-29,50H,(H,52,53,54). The minimum absolute atomic E-state index is 0.380. The smallest absolute Gasteiger partial charge is 0.159 e. The Bertz CT molecular complexity index is 3430. The second kappa shape index (κ2) is 12.0. The van der Waals surface area contributed by atoms with Crippen molar-refractivity contribution in [2.45, 2.75) is 6.17 Å². The Kier molecular flexibility index (Phi) is 6.63. The number of hydrogen-bond donors (Lipinski definition) is 1. The molecule has 5 heteroatoms. The Morgan fingerprint density at radius 2 is 0.982 bits per heavy atom. The lowest BCUT2D eigenvalue weighted by Gasteiger charge is -2.23. The highest BCUT2D eigenvalue weighted by Gasteiger charge is 2.23. The Morgan fingerprint density at radius 3 is 1.79 bits per heavy atom. The van der Waals surface area contributed by atoms with Crippen molar-refractivity contribution in [3.05, 3.63) is 193 Å². The van der Waals surface area contributed by atoms with Gasteiger partial charge < -0.3 is 14.2 Å². The van der Waals surface area contributed by atoms with Crippen LogP contribution < -0.4 is 5.32 Å². The number of amidine groups is 2. The van der Waals surface area contributed by atoms with Gasteiger partial charge in [0.05, 0.1) is 0 Å². The minimum Gasteiger partial charge on any atom is -0.456 e. The summed E-state index contributed by atoms with van der Waals surface area (Å²) in [5, 5.41) is 15.5. The number of nitrogens with zero attached hydrogens (tertiary/aromatic N) is 2. The van der Waals surface area contributed by atoms with Crippen LogP contribution in [0, 0.1) is 0 Å². The molecule has 0 spiro atoms. The molecule has 0 aliphatic carbocycles. The number of nitrogens with one attached hydrogen (secondary N) is 1. The normalized spacial score (nSPS) is 14.6. The summed E-state index contributed by atoms with van der Waals surface area (Å²) in [5.41, 5.74) is 8.49. The molecule has 11 aromatic rings. The molecule has 1 atom stereocenters. The largest absolute Gasteiger partial charge is 0.456 e. The van der Waals surface area contributed by atoms with Crippen LogP contribution in [0.1, 0.15) is 22.9 Å². The molecule has 0 saturated heterocycles. The van der Waals surface area contributed by atoms with E-state index in [2.05, 4.69) is 145 Å². The van der Waals surface area contributed by atoms with Gasteiger partial charge in [-0.1, -0.05) is 140 Å². The maximum atomic E-state index is 6.63. The minimum atomic E-state index is -0.380. The van der Waals surface area contributed by atoms with Crippen LogP contribution >= 0.6 is 0 Å². The summed E-state index contributed by atoms with van der Waals surface area (Å²) in [6.45, 7) is 0. The molecule has 56 heavy (non-hydrogen) atoms. The van der Waals surface area contributed by atoms with Gasteiger partial charge in [-0.05, 0) is 79.8 Å². The average molecular weight is 718 g/mol. The number of furan rings is 2. The van der Waals surface area contributed by atoms with E-state index in [1.165, 1.54) is 32.3 Å². The summed E-state index contributed by atoms with van der Waals surface area (Å²) in [7, 11) is 0. The van der Waals surface area contributed by atoms with Gasteiger partial charge in [0.25, 0.3) is 0 Å². The molecule has 5 nitrogen and oxygen atoms in total. The summed E-state index contributed by atoms with van der Waals surface area (Å²) < 4.78 is 12.9. The van der Waals surface area contributed by atoms with Gasteiger partial charge in [0, 0.05) is 38.2 Å². The van der Waals surface area contributed by atoms with Crippen molar-refractivity contribution in [2.24, 2.45) is 9.98 Å². The first kappa shape index (κ1) is 30.9. The zero-order valence-corrected chi connectivity index (χ0v) is 30.0. The molecular formula is C51H31N3O2. The van der Waals surface area contributed by atoms with Gasteiger partial charge in [-0.15, -0.1) is 0 Å². The number of fused-ring (bicyclic) bond motifs is 12. The Labute approximate surface area is 320 Å². The highest BCUT2D eigenvalue weighted by Crippen LogP contribution is 2.41. The van der Waals surface area contributed by atoms with Crippen LogP contribution in [0.5, 0.6) is 0 Å². The predicted octanol–water partition coefficient (Wildman–Crippen LogP) is 13.1. The number of rotatable bonds is 4. The van der Waals surface area contributed by atoms with E-state index in [9.17, 15) is 0 Å². The van der Waals surface area contributed by atoms with Crippen molar-refractivity contribution >= 4 is 87.9 Å². The fourth-order valence-corrected chi connectivity index (χ4v) is 8.69. The van der Waals surface area contributed by atoms with Crippen molar-refractivity contribution in [3.8, 4) is 11.1 Å². The molecular weight excluding hydrogens is 687 g/mol. The number of hydrogen-bond acceptors (Lipinski definition) is 5.